The maximum Gasteiger partial charge on any atom is 0.300 e. The van der Waals surface area contributed by atoms with Gasteiger partial charge in [0.1, 0.15) is 17.3 Å². The third-order valence-electron chi connectivity index (χ3n) is 7.32. The van der Waals surface area contributed by atoms with Crippen LogP contribution in [0.25, 0.3) is 5.76 Å². The van der Waals surface area contributed by atoms with Crippen LogP contribution in [0.5, 0.6) is 11.5 Å². The van der Waals surface area contributed by atoms with Gasteiger partial charge >= 0.3 is 0 Å². The average molecular weight is 556 g/mol. The summed E-state index contributed by atoms with van der Waals surface area (Å²) in [6, 6.07) is 19.6. The maximum absolute atomic E-state index is 13.7. The molecule has 3 aromatic rings. The van der Waals surface area contributed by atoms with Gasteiger partial charge in [0.15, 0.2) is 0 Å². The van der Waals surface area contributed by atoms with Crippen LogP contribution in [-0.4, -0.2) is 30.0 Å². The van der Waals surface area contributed by atoms with E-state index in [1.54, 1.807) is 30.3 Å². The predicted octanol–water partition coefficient (Wildman–Crippen LogP) is 7.71. The van der Waals surface area contributed by atoms with Crippen molar-refractivity contribution in [2.24, 2.45) is 0 Å². The summed E-state index contributed by atoms with van der Waals surface area (Å²) in [6.07, 6.45) is 0. The number of hydrogen-bond donors (Lipinski definition) is 1. The first-order chi connectivity index (χ1) is 19.3. The number of carbonyl (C=O) groups excluding carboxylic acids is 2. The molecule has 1 unspecified atom stereocenters. The minimum atomic E-state index is -0.813. The van der Waals surface area contributed by atoms with Crippen molar-refractivity contribution < 1.29 is 24.2 Å². The van der Waals surface area contributed by atoms with Gasteiger partial charge in [-0.1, -0.05) is 65.8 Å². The first-order valence-electron chi connectivity index (χ1n) is 14.2. The van der Waals surface area contributed by atoms with E-state index in [4.69, 9.17) is 9.47 Å². The van der Waals surface area contributed by atoms with Crippen LogP contribution >= 0.6 is 0 Å². The lowest BCUT2D eigenvalue weighted by Gasteiger charge is -2.27. The van der Waals surface area contributed by atoms with E-state index in [1.165, 1.54) is 4.90 Å². The number of carbonyl (C=O) groups is 2. The molecule has 1 aliphatic heterocycles. The molecule has 216 valence electrons. The predicted molar refractivity (Wildman–Crippen MR) is 164 cm³/mol. The van der Waals surface area contributed by atoms with Crippen LogP contribution < -0.4 is 14.4 Å². The topological polar surface area (TPSA) is 76.1 Å². The number of Topliss-reactive ketones (excluding diaryl/α,β-unsaturated/α-hetero) is 1. The Bertz CT molecular complexity index is 1450. The van der Waals surface area contributed by atoms with Gasteiger partial charge in [-0.2, -0.15) is 0 Å². The molecule has 1 heterocycles. The number of amides is 1. The number of benzene rings is 3. The molecule has 1 saturated heterocycles. The number of aliphatic hydroxyl groups excluding tert-OH is 1. The van der Waals surface area contributed by atoms with Gasteiger partial charge in [0.25, 0.3) is 11.7 Å². The van der Waals surface area contributed by atoms with Crippen molar-refractivity contribution in [3.63, 3.8) is 0 Å². The number of ether oxygens (including phenoxy) is 2. The van der Waals surface area contributed by atoms with Crippen LogP contribution in [0, 0.1) is 0 Å². The number of anilines is 1. The second-order valence-electron chi connectivity index (χ2n) is 12.4. The number of hydrogen-bond acceptors (Lipinski definition) is 5. The first kappa shape index (κ1) is 29.9. The lowest BCUT2D eigenvalue weighted by molar-refractivity contribution is -0.132. The molecule has 1 amide bonds. The zero-order valence-corrected chi connectivity index (χ0v) is 25.4. The number of aliphatic hydroxyl groups is 1. The lowest BCUT2D eigenvalue weighted by atomic mass is 9.84. The van der Waals surface area contributed by atoms with E-state index in [2.05, 4.69) is 41.5 Å². The van der Waals surface area contributed by atoms with Gasteiger partial charge < -0.3 is 14.6 Å². The highest BCUT2D eigenvalue weighted by molar-refractivity contribution is 6.51. The number of rotatable bonds is 7. The highest BCUT2D eigenvalue weighted by atomic mass is 16.5. The van der Waals surface area contributed by atoms with Gasteiger partial charge in [-0.25, -0.2) is 0 Å². The fourth-order valence-corrected chi connectivity index (χ4v) is 5.15. The van der Waals surface area contributed by atoms with E-state index in [0.29, 0.717) is 30.2 Å². The molecule has 3 aromatic carbocycles. The summed E-state index contributed by atoms with van der Waals surface area (Å²) < 4.78 is 11.4. The monoisotopic (exact) mass is 555 g/mol. The fraction of sp³-hybridized carbons (Fsp3) is 0.371. The summed E-state index contributed by atoms with van der Waals surface area (Å²) in [4.78, 5) is 28.8. The van der Waals surface area contributed by atoms with Gasteiger partial charge in [-0.05, 0) is 78.3 Å². The molecule has 0 aromatic heterocycles. The fourth-order valence-electron chi connectivity index (χ4n) is 5.15. The molecule has 0 saturated carbocycles. The third-order valence-corrected chi connectivity index (χ3v) is 7.32. The Balaban J connectivity index is 1.92. The van der Waals surface area contributed by atoms with E-state index < -0.39 is 17.7 Å². The van der Waals surface area contributed by atoms with Crippen LogP contribution in [0.4, 0.5) is 5.69 Å². The molecule has 6 heteroatoms. The first-order valence-corrected chi connectivity index (χ1v) is 14.2. The summed E-state index contributed by atoms with van der Waals surface area (Å²) >= 11 is 0. The minimum absolute atomic E-state index is 0.0522. The molecule has 0 spiro atoms. The molecule has 1 fully saturated rings. The van der Waals surface area contributed by atoms with Crippen LogP contribution in [-0.2, 0) is 20.4 Å². The van der Waals surface area contributed by atoms with Crippen LogP contribution in [0.15, 0.2) is 72.3 Å². The second-order valence-corrected chi connectivity index (χ2v) is 12.4. The standard InChI is InChI=1S/C35H41NO5/c1-9-40-26-18-16-25(17-19-26)36-30(22-11-14-24(15-12-22)34(3,4)5)29(32(38)33(36)39)31(37)23-13-20-28(41-10-2)27(21-23)35(6,7)8/h11-21,30,37H,9-10H2,1-8H3/b31-29-. The Hall–Kier alpha value is -4.06. The van der Waals surface area contributed by atoms with Crippen molar-refractivity contribution >= 4 is 23.1 Å². The smallest absolute Gasteiger partial charge is 0.300 e. The Morgan fingerprint density at radius 3 is 1.95 bits per heavy atom. The summed E-state index contributed by atoms with van der Waals surface area (Å²) in [5, 5.41) is 11.7. The van der Waals surface area contributed by atoms with Crippen molar-refractivity contribution in [2.75, 3.05) is 18.1 Å². The summed E-state index contributed by atoms with van der Waals surface area (Å²) in [7, 11) is 0. The van der Waals surface area contributed by atoms with Crippen LogP contribution in [0.1, 0.15) is 83.7 Å². The largest absolute Gasteiger partial charge is 0.507 e. The Morgan fingerprint density at radius 2 is 1.41 bits per heavy atom. The molecular weight excluding hydrogens is 514 g/mol. The van der Waals surface area contributed by atoms with Crippen molar-refractivity contribution in [3.8, 4) is 11.5 Å². The Kier molecular flexibility index (Phi) is 8.34. The van der Waals surface area contributed by atoms with Crippen molar-refractivity contribution in [2.45, 2.75) is 72.3 Å². The molecule has 0 aliphatic carbocycles. The van der Waals surface area contributed by atoms with Crippen molar-refractivity contribution in [3.05, 3.63) is 94.6 Å². The zero-order valence-electron chi connectivity index (χ0n) is 25.4. The summed E-state index contributed by atoms with van der Waals surface area (Å²) in [5.41, 5.74) is 3.46. The van der Waals surface area contributed by atoms with Crippen LogP contribution in [0.3, 0.4) is 0 Å². The second kappa shape index (κ2) is 11.4. The van der Waals surface area contributed by atoms with Crippen molar-refractivity contribution in [1.82, 2.24) is 0 Å². The summed E-state index contributed by atoms with van der Waals surface area (Å²) in [5.74, 6) is -0.242. The SMILES string of the molecule is CCOc1ccc(N2C(=O)C(=O)/C(=C(\O)c3ccc(OCC)c(C(C)(C)C)c3)C2c2ccc(C(C)(C)C)cc2)cc1. The van der Waals surface area contributed by atoms with Gasteiger partial charge in [0.2, 0.25) is 0 Å². The average Bonchev–Trinajstić information content (AvgIpc) is 3.18. The van der Waals surface area contributed by atoms with Gasteiger partial charge in [0, 0.05) is 16.8 Å². The Labute approximate surface area is 243 Å². The third kappa shape index (κ3) is 6.02. The molecule has 1 atom stereocenters. The van der Waals surface area contributed by atoms with E-state index in [0.717, 1.165) is 22.4 Å². The molecular formula is C35H41NO5. The molecule has 0 radical (unpaired) electrons. The van der Waals surface area contributed by atoms with Gasteiger partial charge in [-0.3, -0.25) is 14.5 Å². The van der Waals surface area contributed by atoms with Gasteiger partial charge in [-0.15, -0.1) is 0 Å². The van der Waals surface area contributed by atoms with E-state index >= 15 is 0 Å². The normalized spacial score (nSPS) is 17.2. The van der Waals surface area contributed by atoms with E-state index in [9.17, 15) is 14.7 Å². The summed E-state index contributed by atoms with van der Waals surface area (Å²) in [6.45, 7) is 17.4. The highest BCUT2D eigenvalue weighted by Gasteiger charge is 2.47. The van der Waals surface area contributed by atoms with E-state index in [-0.39, 0.29) is 22.2 Å². The van der Waals surface area contributed by atoms with E-state index in [1.807, 2.05) is 50.2 Å². The number of nitrogens with zero attached hydrogens (tertiary/aromatic N) is 1. The quantitative estimate of drug-likeness (QED) is 0.184. The maximum atomic E-state index is 13.7. The molecule has 1 N–H and O–H groups in total. The highest BCUT2D eigenvalue weighted by Crippen LogP contribution is 2.44. The zero-order chi connectivity index (χ0) is 30.1. The molecule has 4 rings (SSSR count). The number of ketones is 1. The molecule has 41 heavy (non-hydrogen) atoms. The molecule has 6 nitrogen and oxygen atoms in total. The lowest BCUT2D eigenvalue weighted by Crippen LogP contribution is -2.29. The minimum Gasteiger partial charge on any atom is -0.507 e. The van der Waals surface area contributed by atoms with Gasteiger partial charge in [0.05, 0.1) is 24.8 Å². The van der Waals surface area contributed by atoms with Crippen LogP contribution in [0.2, 0.25) is 0 Å². The van der Waals surface area contributed by atoms with Crippen molar-refractivity contribution in [1.29, 1.82) is 0 Å². The molecule has 1 aliphatic rings. The Morgan fingerprint density at radius 1 is 0.805 bits per heavy atom. The molecule has 0 bridgehead atoms.